The number of halogens is 1. The summed E-state index contributed by atoms with van der Waals surface area (Å²) in [6.45, 7) is 5.14. The average Bonchev–Trinajstić information content (AvgIpc) is 2.74. The first-order valence-corrected chi connectivity index (χ1v) is 6.86. The van der Waals surface area contributed by atoms with Crippen LogP contribution in [0.4, 0.5) is 0 Å². The fourth-order valence-electron chi connectivity index (χ4n) is 1.85. The number of hydrogen-bond donors (Lipinski definition) is 1. The molecule has 1 unspecified atom stereocenters. The van der Waals surface area contributed by atoms with Gasteiger partial charge in [-0.1, -0.05) is 18.5 Å². The van der Waals surface area contributed by atoms with E-state index in [0.29, 0.717) is 5.02 Å². The number of aryl methyl sites for hydroxylation is 1. The van der Waals surface area contributed by atoms with Crippen LogP contribution >= 0.6 is 22.9 Å². The zero-order valence-electron chi connectivity index (χ0n) is 9.90. The number of nitrogens with zero attached hydrogens (tertiary/aromatic N) is 1. The highest BCUT2D eigenvalue weighted by Crippen LogP contribution is 2.32. The van der Waals surface area contributed by atoms with Crippen molar-refractivity contribution in [2.45, 2.75) is 19.9 Å². The molecular formula is C13H15ClN2S. The third-order valence-electron chi connectivity index (χ3n) is 2.69. The van der Waals surface area contributed by atoms with Crippen LogP contribution in [0.15, 0.2) is 29.9 Å². The fourth-order valence-corrected chi connectivity index (χ4v) is 3.10. The lowest BCUT2D eigenvalue weighted by atomic mass is 10.0. The highest BCUT2D eigenvalue weighted by Gasteiger charge is 2.18. The Morgan fingerprint density at radius 2 is 2.29 bits per heavy atom. The topological polar surface area (TPSA) is 24.9 Å². The van der Waals surface area contributed by atoms with Gasteiger partial charge in [0, 0.05) is 17.3 Å². The molecule has 0 spiro atoms. The molecule has 0 radical (unpaired) electrons. The van der Waals surface area contributed by atoms with Gasteiger partial charge in [0.05, 0.1) is 11.1 Å². The Hall–Kier alpha value is -0.900. The fraction of sp³-hybridized carbons (Fsp3) is 0.308. The van der Waals surface area contributed by atoms with Crippen LogP contribution < -0.4 is 5.32 Å². The van der Waals surface area contributed by atoms with Crippen LogP contribution in [-0.4, -0.2) is 11.5 Å². The maximum atomic E-state index is 6.23. The lowest BCUT2D eigenvalue weighted by molar-refractivity contribution is 0.636. The van der Waals surface area contributed by atoms with Gasteiger partial charge in [-0.25, -0.2) is 0 Å². The lowest BCUT2D eigenvalue weighted by Crippen LogP contribution is -2.22. The number of pyridine rings is 1. The van der Waals surface area contributed by atoms with E-state index in [1.54, 1.807) is 23.7 Å². The van der Waals surface area contributed by atoms with Crippen molar-refractivity contribution in [3.05, 3.63) is 50.9 Å². The Bertz CT molecular complexity index is 496. The zero-order chi connectivity index (χ0) is 12.3. The molecule has 0 aliphatic rings. The van der Waals surface area contributed by atoms with Gasteiger partial charge in [-0.15, -0.1) is 11.3 Å². The second-order valence-corrected chi connectivity index (χ2v) is 5.21. The summed E-state index contributed by atoms with van der Waals surface area (Å²) in [5, 5.41) is 6.31. The molecule has 2 aromatic rings. The highest BCUT2D eigenvalue weighted by atomic mass is 35.5. The Morgan fingerprint density at radius 1 is 1.47 bits per heavy atom. The van der Waals surface area contributed by atoms with Crippen molar-refractivity contribution in [3.8, 4) is 0 Å². The lowest BCUT2D eigenvalue weighted by Gasteiger charge is -2.19. The van der Waals surface area contributed by atoms with Crippen LogP contribution in [0.2, 0.25) is 5.02 Å². The largest absolute Gasteiger partial charge is 0.306 e. The van der Waals surface area contributed by atoms with Crippen molar-refractivity contribution >= 4 is 22.9 Å². The number of nitrogens with one attached hydrogen (secondary N) is 1. The van der Waals surface area contributed by atoms with Crippen molar-refractivity contribution in [1.82, 2.24) is 10.3 Å². The average molecular weight is 267 g/mol. The third-order valence-corrected chi connectivity index (χ3v) is 4.09. The zero-order valence-corrected chi connectivity index (χ0v) is 11.5. The van der Waals surface area contributed by atoms with E-state index >= 15 is 0 Å². The number of rotatable bonds is 4. The molecule has 0 aliphatic carbocycles. The quantitative estimate of drug-likeness (QED) is 0.910. The van der Waals surface area contributed by atoms with Crippen molar-refractivity contribution in [2.75, 3.05) is 6.54 Å². The number of hydrogen-bond acceptors (Lipinski definition) is 3. The maximum absolute atomic E-state index is 6.23. The first kappa shape index (κ1) is 12.6. The van der Waals surface area contributed by atoms with Crippen molar-refractivity contribution in [1.29, 1.82) is 0 Å². The van der Waals surface area contributed by atoms with Crippen molar-refractivity contribution in [3.63, 3.8) is 0 Å². The SMILES string of the molecule is CCNC(c1ccncc1Cl)c1sccc1C. The molecule has 1 atom stereocenters. The van der Waals surface area contributed by atoms with Gasteiger partial charge in [0.1, 0.15) is 0 Å². The van der Waals surface area contributed by atoms with E-state index < -0.39 is 0 Å². The van der Waals surface area contributed by atoms with E-state index in [0.717, 1.165) is 12.1 Å². The standard InChI is InChI=1S/C13H15ClN2S/c1-3-16-12(13-9(2)5-7-17-13)10-4-6-15-8-11(10)14/h4-8,12,16H,3H2,1-2H3. The smallest absolute Gasteiger partial charge is 0.0689 e. The Balaban J connectivity index is 2.43. The van der Waals surface area contributed by atoms with E-state index in [1.807, 2.05) is 6.07 Å². The highest BCUT2D eigenvalue weighted by molar-refractivity contribution is 7.10. The molecule has 0 fully saturated rings. The van der Waals surface area contributed by atoms with Crippen LogP contribution in [0, 0.1) is 6.92 Å². The molecule has 2 nitrogen and oxygen atoms in total. The molecule has 90 valence electrons. The minimum Gasteiger partial charge on any atom is -0.306 e. The molecular weight excluding hydrogens is 252 g/mol. The van der Waals surface area contributed by atoms with Gasteiger partial charge in [0.15, 0.2) is 0 Å². The molecule has 0 saturated heterocycles. The van der Waals surface area contributed by atoms with E-state index in [-0.39, 0.29) is 6.04 Å². The summed E-state index contributed by atoms with van der Waals surface area (Å²) in [6.07, 6.45) is 3.48. The molecule has 4 heteroatoms. The summed E-state index contributed by atoms with van der Waals surface area (Å²) in [5.74, 6) is 0. The predicted molar refractivity (Wildman–Crippen MR) is 73.8 cm³/mol. The molecule has 2 rings (SSSR count). The molecule has 0 aliphatic heterocycles. The van der Waals surface area contributed by atoms with Gasteiger partial charge in [0.25, 0.3) is 0 Å². The molecule has 0 saturated carbocycles. The van der Waals surface area contributed by atoms with E-state index in [1.165, 1.54) is 10.4 Å². The molecule has 2 aromatic heterocycles. The van der Waals surface area contributed by atoms with Gasteiger partial charge in [0.2, 0.25) is 0 Å². The summed E-state index contributed by atoms with van der Waals surface area (Å²) in [7, 11) is 0. The van der Waals surface area contributed by atoms with Crippen LogP contribution in [0.5, 0.6) is 0 Å². The number of thiophene rings is 1. The van der Waals surface area contributed by atoms with E-state index in [2.05, 4.69) is 35.6 Å². The van der Waals surface area contributed by atoms with E-state index in [9.17, 15) is 0 Å². The predicted octanol–water partition coefficient (Wildman–Crippen LogP) is 3.80. The van der Waals surface area contributed by atoms with Gasteiger partial charge < -0.3 is 5.32 Å². The summed E-state index contributed by atoms with van der Waals surface area (Å²) < 4.78 is 0. The molecule has 0 aromatic carbocycles. The summed E-state index contributed by atoms with van der Waals surface area (Å²) in [6, 6.07) is 4.28. The molecule has 0 bridgehead atoms. The Morgan fingerprint density at radius 3 is 2.88 bits per heavy atom. The normalized spacial score (nSPS) is 12.6. The first-order chi connectivity index (χ1) is 8.24. The monoisotopic (exact) mass is 266 g/mol. The van der Waals surface area contributed by atoms with Crippen LogP contribution in [0.3, 0.4) is 0 Å². The summed E-state index contributed by atoms with van der Waals surface area (Å²) in [4.78, 5) is 5.35. The minimum absolute atomic E-state index is 0.162. The summed E-state index contributed by atoms with van der Waals surface area (Å²) in [5.41, 5.74) is 2.39. The maximum Gasteiger partial charge on any atom is 0.0689 e. The third kappa shape index (κ3) is 2.68. The van der Waals surface area contributed by atoms with Gasteiger partial charge >= 0.3 is 0 Å². The molecule has 1 N–H and O–H groups in total. The second kappa shape index (κ2) is 5.63. The van der Waals surface area contributed by atoms with E-state index in [4.69, 9.17) is 11.6 Å². The van der Waals surface area contributed by atoms with Crippen LogP contribution in [0.1, 0.15) is 29.0 Å². The molecule has 17 heavy (non-hydrogen) atoms. The summed E-state index contributed by atoms with van der Waals surface area (Å²) >= 11 is 7.99. The Kier molecular flexibility index (Phi) is 4.15. The molecule has 0 amide bonds. The van der Waals surface area contributed by atoms with Gasteiger partial charge in [-0.2, -0.15) is 0 Å². The number of aromatic nitrogens is 1. The van der Waals surface area contributed by atoms with Crippen LogP contribution in [0.25, 0.3) is 0 Å². The van der Waals surface area contributed by atoms with Gasteiger partial charge in [-0.05, 0) is 42.1 Å². The van der Waals surface area contributed by atoms with Crippen LogP contribution in [-0.2, 0) is 0 Å². The van der Waals surface area contributed by atoms with Gasteiger partial charge in [-0.3, -0.25) is 4.98 Å². The second-order valence-electron chi connectivity index (χ2n) is 3.86. The molecule has 2 heterocycles. The Labute approximate surface area is 111 Å². The first-order valence-electron chi connectivity index (χ1n) is 5.60. The van der Waals surface area contributed by atoms with Crippen molar-refractivity contribution < 1.29 is 0 Å². The minimum atomic E-state index is 0.162. The van der Waals surface area contributed by atoms with Crippen molar-refractivity contribution in [2.24, 2.45) is 0 Å².